The van der Waals surface area contributed by atoms with E-state index in [2.05, 4.69) is 0 Å². The van der Waals surface area contributed by atoms with Crippen molar-refractivity contribution in [3.63, 3.8) is 0 Å². The third kappa shape index (κ3) is 5.44. The number of hydrogen-bond acceptors (Lipinski definition) is 7. The summed E-state index contributed by atoms with van der Waals surface area (Å²) in [4.78, 5) is 36.3. The van der Waals surface area contributed by atoms with Crippen molar-refractivity contribution in [1.82, 2.24) is 0 Å². The Bertz CT molecular complexity index is 839. The molecular formula is C19H20N2O7. The summed E-state index contributed by atoms with van der Waals surface area (Å²) in [7, 11) is 1.39. The minimum absolute atomic E-state index is 0.0803. The first-order valence-corrected chi connectivity index (χ1v) is 8.42. The van der Waals surface area contributed by atoms with Crippen LogP contribution in [0.2, 0.25) is 0 Å². The third-order valence-electron chi connectivity index (χ3n) is 3.68. The molecule has 0 fully saturated rings. The van der Waals surface area contributed by atoms with Crippen LogP contribution in [-0.4, -0.2) is 43.7 Å². The number of anilines is 1. The zero-order valence-electron chi connectivity index (χ0n) is 15.5. The molecule has 0 aromatic heterocycles. The number of esters is 1. The van der Waals surface area contributed by atoms with Gasteiger partial charge in [-0.2, -0.15) is 0 Å². The summed E-state index contributed by atoms with van der Waals surface area (Å²) in [6.45, 7) is 1.05. The molecule has 9 nitrogen and oxygen atoms in total. The summed E-state index contributed by atoms with van der Waals surface area (Å²) >= 11 is 0. The molecule has 148 valence electrons. The van der Waals surface area contributed by atoms with E-state index in [9.17, 15) is 19.7 Å². The van der Waals surface area contributed by atoms with Gasteiger partial charge in [-0.05, 0) is 31.2 Å². The maximum absolute atomic E-state index is 12.7. The Morgan fingerprint density at radius 1 is 1.14 bits per heavy atom. The Kier molecular flexibility index (Phi) is 7.32. The van der Waals surface area contributed by atoms with Gasteiger partial charge in [0.2, 0.25) is 0 Å². The van der Waals surface area contributed by atoms with Crippen molar-refractivity contribution >= 4 is 23.3 Å². The average Bonchev–Trinajstić information content (AvgIpc) is 2.70. The molecule has 28 heavy (non-hydrogen) atoms. The van der Waals surface area contributed by atoms with E-state index in [1.165, 1.54) is 30.2 Å². The van der Waals surface area contributed by atoms with Gasteiger partial charge < -0.3 is 14.2 Å². The number of nitrogens with zero attached hydrogens (tertiary/aromatic N) is 2. The van der Waals surface area contributed by atoms with Gasteiger partial charge in [0.15, 0.2) is 12.4 Å². The van der Waals surface area contributed by atoms with E-state index in [1.54, 1.807) is 37.3 Å². The molecule has 0 spiro atoms. The second-order valence-corrected chi connectivity index (χ2v) is 5.50. The van der Waals surface area contributed by atoms with E-state index in [0.29, 0.717) is 11.4 Å². The Labute approximate surface area is 161 Å². The SMILES string of the molecule is CCOC(=O)CN(C(=O)COc1ccc(OC)cc1[N+](=O)[O-])c1ccccc1. The summed E-state index contributed by atoms with van der Waals surface area (Å²) < 4.78 is 15.2. The highest BCUT2D eigenvalue weighted by molar-refractivity contribution is 5.98. The lowest BCUT2D eigenvalue weighted by Gasteiger charge is -2.22. The molecule has 0 heterocycles. The minimum atomic E-state index is -0.629. The molecule has 0 aliphatic heterocycles. The summed E-state index contributed by atoms with van der Waals surface area (Å²) in [6.07, 6.45) is 0. The van der Waals surface area contributed by atoms with Crippen molar-refractivity contribution in [3.8, 4) is 11.5 Å². The predicted molar refractivity (Wildman–Crippen MR) is 101 cm³/mol. The molecule has 0 saturated heterocycles. The van der Waals surface area contributed by atoms with Crippen LogP contribution in [-0.2, 0) is 14.3 Å². The van der Waals surface area contributed by atoms with Crippen molar-refractivity contribution in [2.75, 3.05) is 31.8 Å². The molecule has 2 aromatic carbocycles. The monoisotopic (exact) mass is 388 g/mol. The number of benzene rings is 2. The van der Waals surface area contributed by atoms with Crippen LogP contribution >= 0.6 is 0 Å². The van der Waals surface area contributed by atoms with E-state index in [-0.39, 0.29) is 24.6 Å². The van der Waals surface area contributed by atoms with Crippen LogP contribution in [0.5, 0.6) is 11.5 Å². The largest absolute Gasteiger partial charge is 0.496 e. The highest BCUT2D eigenvalue weighted by Crippen LogP contribution is 2.31. The summed E-state index contributed by atoms with van der Waals surface area (Å²) in [5.74, 6) is -0.915. The normalized spacial score (nSPS) is 10.1. The summed E-state index contributed by atoms with van der Waals surface area (Å²) in [5, 5.41) is 11.2. The first-order valence-electron chi connectivity index (χ1n) is 8.42. The van der Waals surface area contributed by atoms with E-state index in [4.69, 9.17) is 14.2 Å². The molecule has 1 amide bonds. The number of methoxy groups -OCH3 is 1. The van der Waals surface area contributed by atoms with Crippen LogP contribution in [0.15, 0.2) is 48.5 Å². The molecule has 0 unspecified atom stereocenters. The Morgan fingerprint density at radius 2 is 1.86 bits per heavy atom. The molecule has 0 bridgehead atoms. The van der Waals surface area contributed by atoms with Crippen molar-refractivity contribution in [2.45, 2.75) is 6.92 Å². The predicted octanol–water partition coefficient (Wildman–Crippen LogP) is 2.58. The van der Waals surface area contributed by atoms with Gasteiger partial charge in [0, 0.05) is 5.69 Å². The van der Waals surface area contributed by atoms with E-state index < -0.39 is 23.4 Å². The quantitative estimate of drug-likeness (QED) is 0.369. The van der Waals surface area contributed by atoms with Crippen molar-refractivity contribution in [3.05, 3.63) is 58.6 Å². The van der Waals surface area contributed by atoms with Crippen LogP contribution in [0.25, 0.3) is 0 Å². The number of ether oxygens (including phenoxy) is 3. The van der Waals surface area contributed by atoms with Crippen LogP contribution in [0.3, 0.4) is 0 Å². The molecule has 0 N–H and O–H groups in total. The van der Waals surface area contributed by atoms with Crippen molar-refractivity contribution in [2.24, 2.45) is 0 Å². The number of nitro benzene ring substituents is 1. The Hall–Kier alpha value is -3.62. The topological polar surface area (TPSA) is 108 Å². The van der Waals surface area contributed by atoms with E-state index in [0.717, 1.165) is 0 Å². The second-order valence-electron chi connectivity index (χ2n) is 5.50. The number of carbonyl (C=O) groups excluding carboxylic acids is 2. The lowest BCUT2D eigenvalue weighted by atomic mass is 10.2. The number of carbonyl (C=O) groups is 2. The van der Waals surface area contributed by atoms with Gasteiger partial charge in [-0.3, -0.25) is 24.6 Å². The lowest BCUT2D eigenvalue weighted by Crippen LogP contribution is -2.39. The molecular weight excluding hydrogens is 368 g/mol. The van der Waals surface area contributed by atoms with Crippen LogP contribution in [0, 0.1) is 10.1 Å². The molecule has 0 saturated carbocycles. The highest BCUT2D eigenvalue weighted by Gasteiger charge is 2.23. The van der Waals surface area contributed by atoms with E-state index >= 15 is 0 Å². The number of hydrogen-bond donors (Lipinski definition) is 0. The molecule has 0 aliphatic carbocycles. The molecule has 0 atom stereocenters. The fourth-order valence-electron chi connectivity index (χ4n) is 2.37. The van der Waals surface area contributed by atoms with Crippen molar-refractivity contribution in [1.29, 1.82) is 0 Å². The van der Waals surface area contributed by atoms with Gasteiger partial charge in [0.1, 0.15) is 12.3 Å². The van der Waals surface area contributed by atoms with Crippen molar-refractivity contribution < 1.29 is 28.7 Å². The summed E-state index contributed by atoms with van der Waals surface area (Å²) in [5.41, 5.74) is 0.150. The highest BCUT2D eigenvalue weighted by atomic mass is 16.6. The lowest BCUT2D eigenvalue weighted by molar-refractivity contribution is -0.385. The van der Waals surface area contributed by atoms with Gasteiger partial charge in [0.25, 0.3) is 5.91 Å². The molecule has 9 heteroatoms. The molecule has 2 rings (SSSR count). The smallest absolute Gasteiger partial charge is 0.326 e. The number of amides is 1. The number of rotatable bonds is 9. The zero-order valence-corrected chi connectivity index (χ0v) is 15.5. The molecule has 0 radical (unpaired) electrons. The maximum atomic E-state index is 12.7. The average molecular weight is 388 g/mol. The molecule has 2 aromatic rings. The Balaban J connectivity index is 2.17. The standard InChI is InChI=1S/C19H20N2O7/c1-3-27-19(23)12-20(14-7-5-4-6-8-14)18(22)13-28-17-10-9-15(26-2)11-16(17)21(24)25/h4-11H,3,12-13H2,1-2H3. The van der Waals surface area contributed by atoms with Gasteiger partial charge in [-0.1, -0.05) is 18.2 Å². The van der Waals surface area contributed by atoms with Gasteiger partial charge >= 0.3 is 11.7 Å². The number of nitro groups is 1. The van der Waals surface area contributed by atoms with Gasteiger partial charge in [-0.15, -0.1) is 0 Å². The first-order chi connectivity index (χ1) is 13.5. The van der Waals surface area contributed by atoms with Gasteiger partial charge in [0.05, 0.1) is 24.7 Å². The second kappa shape index (κ2) is 9.91. The van der Waals surface area contributed by atoms with Crippen LogP contribution in [0.4, 0.5) is 11.4 Å². The summed E-state index contributed by atoms with van der Waals surface area (Å²) in [6, 6.07) is 12.6. The molecule has 0 aliphatic rings. The maximum Gasteiger partial charge on any atom is 0.326 e. The van der Waals surface area contributed by atoms with Gasteiger partial charge in [-0.25, -0.2) is 0 Å². The minimum Gasteiger partial charge on any atom is -0.496 e. The first kappa shape index (κ1) is 20.7. The van der Waals surface area contributed by atoms with Crippen LogP contribution in [0.1, 0.15) is 6.92 Å². The third-order valence-corrected chi connectivity index (χ3v) is 3.68. The zero-order chi connectivity index (χ0) is 20.5. The fourth-order valence-corrected chi connectivity index (χ4v) is 2.37. The van der Waals surface area contributed by atoms with E-state index in [1.807, 2.05) is 0 Å². The number of para-hydroxylation sites is 1. The van der Waals surface area contributed by atoms with Crippen LogP contribution < -0.4 is 14.4 Å². The Morgan fingerprint density at radius 3 is 2.46 bits per heavy atom. The fraction of sp³-hybridized carbons (Fsp3) is 0.263.